The Bertz CT molecular complexity index is 452. The summed E-state index contributed by atoms with van der Waals surface area (Å²) < 4.78 is 1.87. The van der Waals surface area contributed by atoms with Crippen molar-refractivity contribution in [2.24, 2.45) is 5.92 Å². The van der Waals surface area contributed by atoms with E-state index in [1.807, 2.05) is 4.57 Å². The average molecular weight is 205 g/mol. The van der Waals surface area contributed by atoms with Crippen molar-refractivity contribution in [1.82, 2.24) is 9.88 Å². The Labute approximate surface area is 88.1 Å². The smallest absolute Gasteiger partial charge is 0.250 e. The second kappa shape index (κ2) is 3.10. The summed E-state index contributed by atoms with van der Waals surface area (Å²) in [7, 11) is 0. The number of nitrogen functional groups attached to an aromatic ring is 1. The van der Waals surface area contributed by atoms with Gasteiger partial charge in [0, 0.05) is 30.8 Å². The van der Waals surface area contributed by atoms with E-state index in [-0.39, 0.29) is 5.56 Å². The fourth-order valence-corrected chi connectivity index (χ4v) is 2.89. The van der Waals surface area contributed by atoms with Crippen LogP contribution in [0.4, 0.5) is 5.69 Å². The van der Waals surface area contributed by atoms with Gasteiger partial charge in [-0.15, -0.1) is 0 Å². The summed E-state index contributed by atoms with van der Waals surface area (Å²) in [6.07, 6.45) is 1.17. The van der Waals surface area contributed by atoms with Crippen LogP contribution in [0.3, 0.4) is 0 Å². The molecular weight excluding hydrogens is 190 g/mol. The number of hydrogen-bond acceptors (Lipinski definition) is 3. The summed E-state index contributed by atoms with van der Waals surface area (Å²) in [5.41, 5.74) is 7.86. The topological polar surface area (TPSA) is 60.1 Å². The van der Waals surface area contributed by atoms with Crippen molar-refractivity contribution in [2.45, 2.75) is 18.9 Å². The number of fused-ring (bicyclic) bond motifs is 4. The number of hydrogen-bond donors (Lipinski definition) is 2. The Morgan fingerprint density at radius 3 is 3.13 bits per heavy atom. The first-order valence-corrected chi connectivity index (χ1v) is 5.45. The first kappa shape index (κ1) is 8.97. The number of anilines is 1. The van der Waals surface area contributed by atoms with E-state index in [1.54, 1.807) is 12.1 Å². The Morgan fingerprint density at radius 2 is 2.27 bits per heavy atom. The fraction of sp³-hybridized carbons (Fsp3) is 0.545. The fourth-order valence-electron chi connectivity index (χ4n) is 2.89. The number of nitrogens with one attached hydrogen (secondary N) is 1. The Hall–Kier alpha value is -1.29. The number of nitrogens with two attached hydrogens (primary N) is 1. The van der Waals surface area contributed by atoms with Crippen LogP contribution in [0.25, 0.3) is 0 Å². The molecule has 1 saturated heterocycles. The molecular formula is C11H15N3O. The predicted molar refractivity (Wildman–Crippen MR) is 58.8 cm³/mol. The SMILES string of the molecule is Nc1ccc(=O)n2c1[C@@H]1CNC[C@H](C1)C2. The molecule has 1 fully saturated rings. The van der Waals surface area contributed by atoms with Crippen molar-refractivity contribution in [3.63, 3.8) is 0 Å². The summed E-state index contributed by atoms with van der Waals surface area (Å²) >= 11 is 0. The summed E-state index contributed by atoms with van der Waals surface area (Å²) in [6.45, 7) is 2.80. The maximum absolute atomic E-state index is 11.7. The number of rotatable bonds is 0. The van der Waals surface area contributed by atoms with Gasteiger partial charge in [-0.3, -0.25) is 4.79 Å². The van der Waals surface area contributed by atoms with Crippen LogP contribution < -0.4 is 16.6 Å². The van der Waals surface area contributed by atoms with Gasteiger partial charge in [0.15, 0.2) is 0 Å². The van der Waals surface area contributed by atoms with Gasteiger partial charge in [0.2, 0.25) is 0 Å². The molecule has 1 aromatic heterocycles. The number of nitrogens with zero attached hydrogens (tertiary/aromatic N) is 1. The van der Waals surface area contributed by atoms with Gasteiger partial charge in [0.25, 0.3) is 5.56 Å². The molecule has 3 heterocycles. The molecule has 4 heteroatoms. The zero-order chi connectivity index (χ0) is 10.4. The van der Waals surface area contributed by atoms with Gasteiger partial charge in [-0.05, 0) is 24.9 Å². The van der Waals surface area contributed by atoms with Crippen LogP contribution in [-0.2, 0) is 6.54 Å². The van der Waals surface area contributed by atoms with Crippen molar-refractivity contribution in [2.75, 3.05) is 18.8 Å². The highest BCUT2D eigenvalue weighted by Crippen LogP contribution is 2.34. The van der Waals surface area contributed by atoms with Crippen LogP contribution >= 0.6 is 0 Å². The summed E-state index contributed by atoms with van der Waals surface area (Å²) in [5.74, 6) is 1.02. The van der Waals surface area contributed by atoms with Gasteiger partial charge in [0.05, 0.1) is 5.69 Å². The molecule has 0 amide bonds. The van der Waals surface area contributed by atoms with Crippen LogP contribution in [0, 0.1) is 5.92 Å². The molecule has 3 N–H and O–H groups in total. The van der Waals surface area contributed by atoms with E-state index in [1.165, 1.54) is 6.42 Å². The first-order chi connectivity index (χ1) is 7.25. The summed E-state index contributed by atoms with van der Waals surface area (Å²) in [4.78, 5) is 11.7. The third-order valence-electron chi connectivity index (χ3n) is 3.53. The van der Waals surface area contributed by atoms with Crippen molar-refractivity contribution in [1.29, 1.82) is 0 Å². The highest BCUT2D eigenvalue weighted by molar-refractivity contribution is 5.46. The zero-order valence-electron chi connectivity index (χ0n) is 8.57. The molecule has 0 radical (unpaired) electrons. The minimum atomic E-state index is 0.0933. The molecule has 2 aliphatic rings. The lowest BCUT2D eigenvalue weighted by Crippen LogP contribution is -2.45. The Balaban J connectivity index is 2.20. The molecule has 0 aliphatic carbocycles. The largest absolute Gasteiger partial charge is 0.397 e. The van der Waals surface area contributed by atoms with Gasteiger partial charge < -0.3 is 15.6 Å². The minimum Gasteiger partial charge on any atom is -0.397 e. The van der Waals surface area contributed by atoms with E-state index in [0.717, 1.165) is 31.0 Å². The molecule has 2 bridgehead atoms. The van der Waals surface area contributed by atoms with Crippen molar-refractivity contribution >= 4 is 5.69 Å². The van der Waals surface area contributed by atoms with Crippen molar-refractivity contribution in [3.8, 4) is 0 Å². The second-order valence-electron chi connectivity index (χ2n) is 4.58. The maximum Gasteiger partial charge on any atom is 0.250 e. The highest BCUT2D eigenvalue weighted by Gasteiger charge is 2.31. The minimum absolute atomic E-state index is 0.0933. The van der Waals surface area contributed by atoms with E-state index in [9.17, 15) is 4.79 Å². The van der Waals surface area contributed by atoms with E-state index in [0.29, 0.717) is 11.8 Å². The zero-order valence-corrected chi connectivity index (χ0v) is 8.57. The van der Waals surface area contributed by atoms with Gasteiger partial charge in [-0.25, -0.2) is 0 Å². The van der Waals surface area contributed by atoms with Gasteiger partial charge in [-0.1, -0.05) is 0 Å². The molecule has 15 heavy (non-hydrogen) atoms. The lowest BCUT2D eigenvalue weighted by molar-refractivity contribution is 0.258. The third kappa shape index (κ3) is 1.28. The Kier molecular flexibility index (Phi) is 1.85. The van der Waals surface area contributed by atoms with Gasteiger partial charge in [0.1, 0.15) is 0 Å². The quantitative estimate of drug-likeness (QED) is 0.633. The Morgan fingerprint density at radius 1 is 1.40 bits per heavy atom. The van der Waals surface area contributed by atoms with Gasteiger partial charge in [-0.2, -0.15) is 0 Å². The van der Waals surface area contributed by atoms with E-state index in [2.05, 4.69) is 5.32 Å². The molecule has 2 aliphatic heterocycles. The normalized spacial score (nSPS) is 28.5. The first-order valence-electron chi connectivity index (χ1n) is 5.45. The van der Waals surface area contributed by atoms with Crippen LogP contribution in [0.15, 0.2) is 16.9 Å². The van der Waals surface area contributed by atoms with Crippen molar-refractivity contribution in [3.05, 3.63) is 28.2 Å². The highest BCUT2D eigenvalue weighted by atomic mass is 16.1. The molecule has 0 saturated carbocycles. The molecule has 1 aromatic rings. The van der Waals surface area contributed by atoms with E-state index in [4.69, 9.17) is 5.73 Å². The van der Waals surface area contributed by atoms with Crippen molar-refractivity contribution < 1.29 is 0 Å². The van der Waals surface area contributed by atoms with Crippen LogP contribution in [0.1, 0.15) is 18.0 Å². The summed E-state index contributed by atoms with van der Waals surface area (Å²) in [5, 5.41) is 3.40. The molecule has 0 spiro atoms. The van der Waals surface area contributed by atoms with Crippen LogP contribution in [0.2, 0.25) is 0 Å². The number of piperidine rings is 1. The van der Waals surface area contributed by atoms with Crippen LogP contribution in [0.5, 0.6) is 0 Å². The number of pyridine rings is 1. The number of aromatic nitrogens is 1. The average Bonchev–Trinajstić information content (AvgIpc) is 2.24. The molecule has 4 nitrogen and oxygen atoms in total. The van der Waals surface area contributed by atoms with E-state index >= 15 is 0 Å². The second-order valence-corrected chi connectivity index (χ2v) is 4.58. The molecule has 0 unspecified atom stereocenters. The van der Waals surface area contributed by atoms with Crippen LogP contribution in [-0.4, -0.2) is 17.7 Å². The lowest BCUT2D eigenvalue weighted by atomic mass is 9.83. The maximum atomic E-state index is 11.7. The molecule has 2 atom stereocenters. The predicted octanol–water partition coefficient (Wildman–Crippen LogP) is 0.137. The monoisotopic (exact) mass is 205 g/mol. The lowest BCUT2D eigenvalue weighted by Gasteiger charge is -2.38. The molecule has 3 rings (SSSR count). The standard InChI is InChI=1S/C11H15N3O/c12-9-1-2-10(15)14-6-7-3-8(11(9)14)5-13-4-7/h1-2,7-8,13H,3-6,12H2/t7-,8-/m0/s1. The molecule has 80 valence electrons. The summed E-state index contributed by atoms with van der Waals surface area (Å²) in [6, 6.07) is 3.32. The van der Waals surface area contributed by atoms with Gasteiger partial charge >= 0.3 is 0 Å². The third-order valence-corrected chi connectivity index (χ3v) is 3.53. The van der Waals surface area contributed by atoms with E-state index < -0.39 is 0 Å². The molecule has 0 aromatic carbocycles.